The summed E-state index contributed by atoms with van der Waals surface area (Å²) in [5, 5.41) is 9.93. The molecule has 7 heteroatoms. The van der Waals surface area contributed by atoms with Gasteiger partial charge < -0.3 is 24.1 Å². The molecule has 0 aliphatic heterocycles. The Kier molecular flexibility index (Phi) is 9.21. The third-order valence-electron chi connectivity index (χ3n) is 3.13. The van der Waals surface area contributed by atoms with Crippen LogP contribution in [0.15, 0.2) is 18.2 Å². The number of phenolic OH excluding ortho intramolecular Hbond substituents is 1. The van der Waals surface area contributed by atoms with E-state index in [-0.39, 0.29) is 36.8 Å². The number of hydrogen-bond acceptors (Lipinski definition) is 7. The van der Waals surface area contributed by atoms with Gasteiger partial charge in [-0.3, -0.25) is 4.79 Å². The van der Waals surface area contributed by atoms with Crippen molar-refractivity contribution in [2.75, 3.05) is 13.4 Å². The van der Waals surface area contributed by atoms with Gasteiger partial charge in [-0.2, -0.15) is 0 Å². The van der Waals surface area contributed by atoms with Crippen LogP contribution in [0.5, 0.6) is 11.5 Å². The Balaban J connectivity index is 2.38. The number of phenols is 1. The normalized spacial score (nSPS) is 10.4. The summed E-state index contributed by atoms with van der Waals surface area (Å²) in [6, 6.07) is 4.77. The van der Waals surface area contributed by atoms with Gasteiger partial charge in [0.25, 0.3) is 0 Å². The lowest BCUT2D eigenvalue weighted by atomic mass is 10.1. The summed E-state index contributed by atoms with van der Waals surface area (Å²) in [5.41, 5.74) is 0.775. The first-order valence-electron chi connectivity index (χ1n) is 8.36. The molecule has 25 heavy (non-hydrogen) atoms. The topological polar surface area (TPSA) is 91.3 Å². The highest BCUT2D eigenvalue weighted by Gasteiger charge is 2.10. The zero-order chi connectivity index (χ0) is 18.7. The second-order valence-electron chi connectivity index (χ2n) is 5.70. The van der Waals surface area contributed by atoms with Gasteiger partial charge in [-0.05, 0) is 44.4 Å². The molecule has 0 saturated carbocycles. The molecule has 1 aromatic rings. The van der Waals surface area contributed by atoms with Crippen molar-refractivity contribution in [3.05, 3.63) is 23.8 Å². The van der Waals surface area contributed by atoms with Crippen LogP contribution in [0.4, 0.5) is 4.79 Å². The van der Waals surface area contributed by atoms with Crippen LogP contribution in [-0.2, 0) is 25.4 Å². The fraction of sp³-hybridized carbons (Fsp3) is 0.556. The SMILES string of the molecule is CCCCOC(=O)CCc1ccc(OCOC(=O)OC(C)C)c(O)c1. The van der Waals surface area contributed by atoms with Crippen LogP contribution in [-0.4, -0.2) is 36.7 Å². The first-order chi connectivity index (χ1) is 11.9. The Morgan fingerprint density at radius 1 is 1.20 bits per heavy atom. The molecule has 0 aliphatic carbocycles. The fourth-order valence-corrected chi connectivity index (χ4v) is 1.86. The molecule has 0 atom stereocenters. The lowest BCUT2D eigenvalue weighted by molar-refractivity contribution is -0.143. The monoisotopic (exact) mass is 354 g/mol. The number of hydrogen-bond donors (Lipinski definition) is 1. The minimum atomic E-state index is -0.840. The standard InChI is InChI=1S/C18H26O7/c1-4-5-10-22-17(20)9-7-14-6-8-16(15(19)11-14)23-12-24-18(21)25-13(2)3/h6,8,11,13,19H,4-5,7,9-10,12H2,1-3H3. The average Bonchev–Trinajstić information content (AvgIpc) is 2.54. The van der Waals surface area contributed by atoms with Gasteiger partial charge in [-0.15, -0.1) is 0 Å². The van der Waals surface area contributed by atoms with E-state index < -0.39 is 6.16 Å². The minimum Gasteiger partial charge on any atom is -0.504 e. The average molecular weight is 354 g/mol. The van der Waals surface area contributed by atoms with Crippen molar-refractivity contribution >= 4 is 12.1 Å². The number of esters is 1. The quantitative estimate of drug-likeness (QED) is 0.390. The second-order valence-corrected chi connectivity index (χ2v) is 5.70. The number of rotatable bonds is 10. The van der Waals surface area contributed by atoms with Crippen molar-refractivity contribution in [3.8, 4) is 11.5 Å². The molecule has 1 N–H and O–H groups in total. The van der Waals surface area contributed by atoms with Crippen LogP contribution in [0, 0.1) is 0 Å². The van der Waals surface area contributed by atoms with E-state index in [1.165, 1.54) is 6.07 Å². The molecule has 0 unspecified atom stereocenters. The summed E-state index contributed by atoms with van der Waals surface area (Å²) in [6.45, 7) is 5.49. The maximum Gasteiger partial charge on any atom is 0.511 e. The van der Waals surface area contributed by atoms with E-state index in [0.29, 0.717) is 13.0 Å². The van der Waals surface area contributed by atoms with Crippen LogP contribution < -0.4 is 4.74 Å². The van der Waals surface area contributed by atoms with E-state index in [4.69, 9.17) is 18.9 Å². The molecule has 140 valence electrons. The lowest BCUT2D eigenvalue weighted by Gasteiger charge is -2.11. The number of carbonyl (C=O) groups excluding carboxylic acids is 2. The molecule has 7 nitrogen and oxygen atoms in total. The van der Waals surface area contributed by atoms with Gasteiger partial charge in [0.2, 0.25) is 6.79 Å². The largest absolute Gasteiger partial charge is 0.511 e. The van der Waals surface area contributed by atoms with Crippen LogP contribution in [0.3, 0.4) is 0 Å². The molecule has 0 aliphatic rings. The van der Waals surface area contributed by atoms with Crippen molar-refractivity contribution in [1.29, 1.82) is 0 Å². The summed E-state index contributed by atoms with van der Waals surface area (Å²) in [4.78, 5) is 22.8. The first kappa shape index (κ1) is 20.6. The Morgan fingerprint density at radius 2 is 1.96 bits per heavy atom. The Labute approximate surface area is 147 Å². The van der Waals surface area contributed by atoms with Crippen molar-refractivity contribution in [2.45, 2.75) is 52.6 Å². The molecular weight excluding hydrogens is 328 g/mol. The van der Waals surface area contributed by atoms with E-state index in [9.17, 15) is 14.7 Å². The first-order valence-corrected chi connectivity index (χ1v) is 8.36. The maximum atomic E-state index is 11.6. The van der Waals surface area contributed by atoms with Crippen LogP contribution >= 0.6 is 0 Å². The number of carbonyl (C=O) groups is 2. The molecule has 0 saturated heterocycles. The Bertz CT molecular complexity index is 554. The molecule has 0 spiro atoms. The summed E-state index contributed by atoms with van der Waals surface area (Å²) < 4.78 is 19.7. The number of aryl methyl sites for hydroxylation is 1. The molecule has 1 aromatic carbocycles. The number of unbranched alkanes of at least 4 members (excludes halogenated alkanes) is 1. The van der Waals surface area contributed by atoms with Crippen molar-refractivity contribution in [3.63, 3.8) is 0 Å². The van der Waals surface area contributed by atoms with Crippen molar-refractivity contribution in [1.82, 2.24) is 0 Å². The fourth-order valence-electron chi connectivity index (χ4n) is 1.86. The third kappa shape index (κ3) is 8.83. The molecular formula is C18H26O7. The van der Waals surface area contributed by atoms with E-state index in [1.807, 2.05) is 6.92 Å². The molecule has 0 fully saturated rings. The number of aromatic hydroxyl groups is 1. The second kappa shape index (κ2) is 11.2. The van der Waals surface area contributed by atoms with E-state index >= 15 is 0 Å². The maximum absolute atomic E-state index is 11.6. The van der Waals surface area contributed by atoms with Gasteiger partial charge in [0.15, 0.2) is 11.5 Å². The summed E-state index contributed by atoms with van der Waals surface area (Å²) in [6.07, 6.45) is 1.40. The van der Waals surface area contributed by atoms with Crippen molar-refractivity contribution < 1.29 is 33.6 Å². The molecule has 0 amide bonds. The molecule has 1 rings (SSSR count). The Hall–Kier alpha value is -2.44. The van der Waals surface area contributed by atoms with Gasteiger partial charge in [0.1, 0.15) is 0 Å². The summed E-state index contributed by atoms with van der Waals surface area (Å²) in [5.74, 6) is -0.186. The predicted octanol–water partition coefficient (Wildman–Crippen LogP) is 3.57. The van der Waals surface area contributed by atoms with Gasteiger partial charge in [0, 0.05) is 6.42 Å². The highest BCUT2D eigenvalue weighted by atomic mass is 16.8. The smallest absolute Gasteiger partial charge is 0.504 e. The minimum absolute atomic E-state index is 0.0994. The predicted molar refractivity (Wildman–Crippen MR) is 90.5 cm³/mol. The van der Waals surface area contributed by atoms with Crippen LogP contribution in [0.25, 0.3) is 0 Å². The zero-order valence-electron chi connectivity index (χ0n) is 14.9. The highest BCUT2D eigenvalue weighted by molar-refractivity contribution is 5.69. The van der Waals surface area contributed by atoms with Gasteiger partial charge in [-0.1, -0.05) is 19.4 Å². The molecule has 0 heterocycles. The molecule has 0 bridgehead atoms. The van der Waals surface area contributed by atoms with E-state index in [1.54, 1.807) is 26.0 Å². The number of ether oxygens (including phenoxy) is 4. The number of benzene rings is 1. The van der Waals surface area contributed by atoms with Gasteiger partial charge in [0.05, 0.1) is 12.7 Å². The van der Waals surface area contributed by atoms with Gasteiger partial charge >= 0.3 is 12.1 Å². The Morgan fingerprint density at radius 3 is 2.60 bits per heavy atom. The highest BCUT2D eigenvalue weighted by Crippen LogP contribution is 2.27. The zero-order valence-corrected chi connectivity index (χ0v) is 14.9. The van der Waals surface area contributed by atoms with Gasteiger partial charge in [-0.25, -0.2) is 4.79 Å². The summed E-state index contributed by atoms with van der Waals surface area (Å²) in [7, 11) is 0. The van der Waals surface area contributed by atoms with E-state index in [0.717, 1.165) is 18.4 Å². The molecule has 0 radical (unpaired) electrons. The lowest BCUT2D eigenvalue weighted by Crippen LogP contribution is -2.16. The van der Waals surface area contributed by atoms with Crippen molar-refractivity contribution in [2.24, 2.45) is 0 Å². The summed E-state index contributed by atoms with van der Waals surface area (Å²) >= 11 is 0. The van der Waals surface area contributed by atoms with Crippen LogP contribution in [0.2, 0.25) is 0 Å². The van der Waals surface area contributed by atoms with E-state index in [2.05, 4.69) is 0 Å². The van der Waals surface area contributed by atoms with Crippen LogP contribution in [0.1, 0.15) is 45.6 Å². The molecule has 0 aromatic heterocycles. The third-order valence-corrected chi connectivity index (χ3v) is 3.13.